The number of pyridine rings is 1. The number of carbonyl (C=O) groups excluding carboxylic acids is 1. The van der Waals surface area contributed by atoms with E-state index < -0.39 is 18.0 Å². The lowest BCUT2D eigenvalue weighted by Crippen LogP contribution is -2.26. The summed E-state index contributed by atoms with van der Waals surface area (Å²) in [4.78, 5) is 25.5. The van der Waals surface area contributed by atoms with E-state index in [2.05, 4.69) is 5.10 Å². The molecule has 0 atom stereocenters. The van der Waals surface area contributed by atoms with Gasteiger partial charge in [-0.3, -0.25) is 14.2 Å². The number of aliphatic hydroxyl groups excluding tert-OH is 1. The van der Waals surface area contributed by atoms with Gasteiger partial charge in [0.1, 0.15) is 11.6 Å². The predicted octanol–water partition coefficient (Wildman–Crippen LogP) is 2.15. The minimum atomic E-state index is -0.691. The number of hydrogen-bond donors (Lipinski definition) is 2. The van der Waals surface area contributed by atoms with Gasteiger partial charge in [-0.25, -0.2) is 0 Å². The van der Waals surface area contributed by atoms with Crippen LogP contribution in [0.4, 0.5) is 5.69 Å². The predicted molar refractivity (Wildman–Crippen MR) is 113 cm³/mol. The first-order chi connectivity index (χ1) is 14.2. The van der Waals surface area contributed by atoms with Gasteiger partial charge < -0.3 is 10.2 Å². The van der Waals surface area contributed by atoms with Crippen LogP contribution in [0.25, 0.3) is 6.08 Å². The summed E-state index contributed by atoms with van der Waals surface area (Å²) in [6.45, 7) is 6.56. The van der Waals surface area contributed by atoms with E-state index in [4.69, 9.17) is 0 Å². The molecule has 0 radical (unpaired) electrons. The van der Waals surface area contributed by atoms with Gasteiger partial charge in [0, 0.05) is 5.56 Å². The van der Waals surface area contributed by atoms with Crippen molar-refractivity contribution >= 4 is 23.4 Å². The summed E-state index contributed by atoms with van der Waals surface area (Å²) in [6.07, 6.45) is 1.43. The minimum absolute atomic E-state index is 0.154. The lowest BCUT2D eigenvalue weighted by Gasteiger charge is -2.15. The lowest BCUT2D eigenvalue weighted by atomic mass is 10.0. The van der Waals surface area contributed by atoms with Gasteiger partial charge in [-0.1, -0.05) is 6.07 Å². The first kappa shape index (κ1) is 21.0. The number of hydrogen-bond acceptors (Lipinski definition) is 6. The van der Waals surface area contributed by atoms with Crippen LogP contribution < -0.4 is 10.6 Å². The monoisotopic (exact) mass is 406 g/mol. The number of aromatic hydroxyl groups is 1. The molecule has 2 heterocycles. The van der Waals surface area contributed by atoms with Crippen LogP contribution in [0.2, 0.25) is 0 Å². The molecule has 1 aliphatic heterocycles. The summed E-state index contributed by atoms with van der Waals surface area (Å²) in [5.74, 6) is -0.795. The van der Waals surface area contributed by atoms with Gasteiger partial charge in [0.2, 0.25) is 5.88 Å². The summed E-state index contributed by atoms with van der Waals surface area (Å²) >= 11 is 0. The average molecular weight is 406 g/mol. The molecule has 0 aliphatic carbocycles. The number of aliphatic hydroxyl groups is 1. The van der Waals surface area contributed by atoms with Gasteiger partial charge >= 0.3 is 0 Å². The number of amides is 1. The topological polar surface area (TPSA) is 119 Å². The van der Waals surface area contributed by atoms with Gasteiger partial charge in [-0.15, -0.1) is 0 Å². The summed E-state index contributed by atoms with van der Waals surface area (Å²) in [7, 11) is 0. The second-order valence-corrected chi connectivity index (χ2v) is 7.16. The SMILES string of the molecule is CC1=NN(c2ccc(C)c(C)c2)C(=O)/C1=C\c1c(C)c(C#N)c(=O)n(CCO)c1O. The molecule has 0 unspecified atom stereocenters. The highest BCUT2D eigenvalue weighted by Gasteiger charge is 2.30. The highest BCUT2D eigenvalue weighted by Crippen LogP contribution is 2.30. The van der Waals surface area contributed by atoms with E-state index in [1.807, 2.05) is 32.0 Å². The Labute approximate surface area is 173 Å². The zero-order valence-corrected chi connectivity index (χ0v) is 17.2. The Bertz CT molecular complexity index is 1220. The number of rotatable bonds is 4. The van der Waals surface area contributed by atoms with E-state index in [1.165, 1.54) is 18.0 Å². The molecule has 0 saturated heterocycles. The van der Waals surface area contributed by atoms with Gasteiger partial charge in [-0.05, 0) is 62.6 Å². The third-order valence-corrected chi connectivity index (χ3v) is 5.26. The van der Waals surface area contributed by atoms with Gasteiger partial charge in [0.15, 0.2) is 0 Å². The molecule has 2 aromatic rings. The number of aryl methyl sites for hydroxylation is 2. The highest BCUT2D eigenvalue weighted by atomic mass is 16.3. The Balaban J connectivity index is 2.14. The van der Waals surface area contributed by atoms with E-state index in [1.54, 1.807) is 13.0 Å². The lowest BCUT2D eigenvalue weighted by molar-refractivity contribution is -0.114. The van der Waals surface area contributed by atoms with Crippen LogP contribution in [0.15, 0.2) is 33.7 Å². The zero-order chi connectivity index (χ0) is 22.2. The molecule has 0 spiro atoms. The van der Waals surface area contributed by atoms with E-state index in [0.717, 1.165) is 15.7 Å². The fourth-order valence-corrected chi connectivity index (χ4v) is 3.31. The maximum absolute atomic E-state index is 13.1. The summed E-state index contributed by atoms with van der Waals surface area (Å²) in [5, 5.41) is 34.8. The number of benzene rings is 1. The van der Waals surface area contributed by atoms with E-state index in [9.17, 15) is 25.1 Å². The highest BCUT2D eigenvalue weighted by molar-refractivity contribution is 6.32. The number of aromatic nitrogens is 1. The first-order valence-corrected chi connectivity index (χ1v) is 9.37. The molecule has 8 nitrogen and oxygen atoms in total. The summed E-state index contributed by atoms with van der Waals surface area (Å²) in [6, 6.07) is 7.42. The van der Waals surface area contributed by atoms with Crippen molar-refractivity contribution in [3.8, 4) is 11.9 Å². The second kappa shape index (κ2) is 7.97. The van der Waals surface area contributed by atoms with Crippen molar-refractivity contribution in [3.63, 3.8) is 0 Å². The van der Waals surface area contributed by atoms with Crippen molar-refractivity contribution < 1.29 is 15.0 Å². The van der Waals surface area contributed by atoms with Crippen LogP contribution in [0, 0.1) is 32.1 Å². The van der Waals surface area contributed by atoms with Crippen LogP contribution in [0.3, 0.4) is 0 Å². The van der Waals surface area contributed by atoms with Crippen LogP contribution in [-0.2, 0) is 11.3 Å². The fraction of sp³-hybridized carbons (Fsp3) is 0.273. The van der Waals surface area contributed by atoms with E-state index in [-0.39, 0.29) is 34.7 Å². The average Bonchev–Trinajstić information content (AvgIpc) is 2.99. The Kier molecular flexibility index (Phi) is 5.58. The maximum Gasteiger partial charge on any atom is 0.280 e. The normalized spacial score (nSPS) is 14.9. The van der Waals surface area contributed by atoms with Crippen LogP contribution in [0.1, 0.15) is 34.7 Å². The number of anilines is 1. The van der Waals surface area contributed by atoms with Crippen molar-refractivity contribution in [2.45, 2.75) is 34.2 Å². The van der Waals surface area contributed by atoms with Gasteiger partial charge in [0.25, 0.3) is 11.5 Å². The molecule has 1 amide bonds. The molecule has 0 saturated carbocycles. The summed E-state index contributed by atoms with van der Waals surface area (Å²) < 4.78 is 0.922. The van der Waals surface area contributed by atoms with Crippen LogP contribution in [-0.4, -0.2) is 33.0 Å². The van der Waals surface area contributed by atoms with Gasteiger partial charge in [-0.2, -0.15) is 15.4 Å². The number of nitrogens with zero attached hydrogens (tertiary/aromatic N) is 4. The van der Waals surface area contributed by atoms with Crippen molar-refractivity contribution in [2.24, 2.45) is 5.10 Å². The van der Waals surface area contributed by atoms with Crippen molar-refractivity contribution in [1.82, 2.24) is 4.57 Å². The Morgan fingerprint density at radius 2 is 1.87 bits per heavy atom. The smallest absolute Gasteiger partial charge is 0.280 e. The molecule has 1 aromatic carbocycles. The van der Waals surface area contributed by atoms with Crippen molar-refractivity contribution in [2.75, 3.05) is 11.6 Å². The number of nitriles is 1. The molecule has 3 rings (SSSR count). The molecule has 0 bridgehead atoms. The number of carbonyl (C=O) groups is 1. The van der Waals surface area contributed by atoms with Gasteiger partial charge in [0.05, 0.1) is 30.1 Å². The molecular formula is C22H22N4O4. The van der Waals surface area contributed by atoms with Crippen LogP contribution in [0.5, 0.6) is 5.88 Å². The Hall–Kier alpha value is -3.70. The molecule has 0 fully saturated rings. The molecule has 1 aromatic heterocycles. The summed E-state index contributed by atoms with van der Waals surface area (Å²) in [5.41, 5.74) is 3.00. The molecule has 30 heavy (non-hydrogen) atoms. The van der Waals surface area contributed by atoms with E-state index in [0.29, 0.717) is 11.4 Å². The second-order valence-electron chi connectivity index (χ2n) is 7.16. The molecule has 154 valence electrons. The number of hydrazone groups is 1. The minimum Gasteiger partial charge on any atom is -0.494 e. The first-order valence-electron chi connectivity index (χ1n) is 9.37. The molecular weight excluding hydrogens is 384 g/mol. The van der Waals surface area contributed by atoms with Crippen LogP contribution >= 0.6 is 0 Å². The third kappa shape index (κ3) is 3.40. The standard InChI is InChI=1S/C22H22N4O4/c1-12-5-6-16(9-13(12)2)26-22(30)18(15(4)24-26)10-17-14(3)19(11-23)21(29)25(7-8-27)20(17)28/h5-6,9-10,27-28H,7-8H2,1-4H3/b18-10-. The maximum atomic E-state index is 13.1. The fourth-order valence-electron chi connectivity index (χ4n) is 3.31. The Morgan fingerprint density at radius 1 is 1.17 bits per heavy atom. The van der Waals surface area contributed by atoms with Crippen molar-refractivity contribution in [1.29, 1.82) is 5.26 Å². The largest absolute Gasteiger partial charge is 0.494 e. The van der Waals surface area contributed by atoms with E-state index >= 15 is 0 Å². The third-order valence-electron chi connectivity index (χ3n) is 5.26. The Morgan fingerprint density at radius 3 is 2.47 bits per heavy atom. The molecule has 2 N–H and O–H groups in total. The molecule has 8 heteroatoms. The zero-order valence-electron chi connectivity index (χ0n) is 17.2. The quantitative estimate of drug-likeness (QED) is 0.754. The van der Waals surface area contributed by atoms with Crippen molar-refractivity contribution in [3.05, 3.63) is 61.9 Å². The molecule has 1 aliphatic rings.